The molecule has 0 radical (unpaired) electrons. The molecule has 1 aliphatic rings. The fourth-order valence-electron chi connectivity index (χ4n) is 3.68. The van der Waals surface area contributed by atoms with Crippen molar-refractivity contribution in [3.8, 4) is 5.75 Å². The molecule has 32 heavy (non-hydrogen) atoms. The number of rotatable bonds is 6. The summed E-state index contributed by atoms with van der Waals surface area (Å²) in [5.74, 6) is -0.389. The number of aliphatic hydroxyl groups is 1. The Kier molecular flexibility index (Phi) is 5.81. The van der Waals surface area contributed by atoms with Crippen LogP contribution in [-0.4, -0.2) is 28.6 Å². The van der Waals surface area contributed by atoms with Gasteiger partial charge >= 0.3 is 5.91 Å². The van der Waals surface area contributed by atoms with Crippen LogP contribution < -0.4 is 9.64 Å². The van der Waals surface area contributed by atoms with Gasteiger partial charge in [0.2, 0.25) is 0 Å². The van der Waals surface area contributed by atoms with Crippen LogP contribution >= 0.6 is 0 Å². The monoisotopic (exact) mass is 432 g/mol. The number of anilines is 1. The average molecular weight is 432 g/mol. The van der Waals surface area contributed by atoms with Gasteiger partial charge in [0, 0.05) is 11.6 Å². The molecule has 1 aliphatic heterocycles. The zero-order valence-electron chi connectivity index (χ0n) is 18.2. The zero-order chi connectivity index (χ0) is 22.8. The Morgan fingerprint density at radius 1 is 1.09 bits per heavy atom. The van der Waals surface area contributed by atoms with Crippen LogP contribution in [0.5, 0.6) is 5.75 Å². The molecule has 1 fully saturated rings. The minimum atomic E-state index is -0.860. The van der Waals surface area contributed by atoms with Crippen molar-refractivity contribution in [1.29, 1.82) is 0 Å². The summed E-state index contributed by atoms with van der Waals surface area (Å²) in [7, 11) is 0. The number of aryl methyl sites for hydroxylation is 2. The summed E-state index contributed by atoms with van der Waals surface area (Å²) in [6.45, 7) is 6.24. The van der Waals surface area contributed by atoms with E-state index in [2.05, 4.69) is 5.16 Å². The number of ether oxygens (including phenoxy) is 1. The third kappa shape index (κ3) is 3.89. The second kappa shape index (κ2) is 8.70. The Morgan fingerprint density at radius 3 is 2.38 bits per heavy atom. The summed E-state index contributed by atoms with van der Waals surface area (Å²) in [6.07, 6.45) is 0.879. The number of amides is 1. The fraction of sp³-hybridized carbons (Fsp3) is 0.240. The quantitative estimate of drug-likeness (QED) is 0.345. The molecule has 2 aromatic carbocycles. The molecule has 7 nitrogen and oxygen atoms in total. The van der Waals surface area contributed by atoms with Gasteiger partial charge in [-0.1, -0.05) is 54.0 Å². The van der Waals surface area contributed by atoms with Gasteiger partial charge in [0.1, 0.15) is 17.3 Å². The van der Waals surface area contributed by atoms with Gasteiger partial charge in [0.15, 0.2) is 5.82 Å². The fourth-order valence-corrected chi connectivity index (χ4v) is 3.68. The van der Waals surface area contributed by atoms with Gasteiger partial charge in [-0.2, -0.15) is 0 Å². The van der Waals surface area contributed by atoms with Crippen LogP contribution in [0.25, 0.3) is 5.76 Å². The smallest absolute Gasteiger partial charge is 0.301 e. The number of aliphatic hydroxyl groups excluding tert-OH is 1. The number of aromatic nitrogens is 1. The van der Waals surface area contributed by atoms with Crippen LogP contribution in [0.4, 0.5) is 5.82 Å². The number of carbonyl (C=O) groups is 2. The molecule has 0 aliphatic carbocycles. The first kappa shape index (κ1) is 21.4. The van der Waals surface area contributed by atoms with Crippen LogP contribution in [0.15, 0.2) is 64.7 Å². The van der Waals surface area contributed by atoms with Gasteiger partial charge in [-0.25, -0.2) is 0 Å². The minimum absolute atomic E-state index is 0.00160. The highest BCUT2D eigenvalue weighted by molar-refractivity contribution is 6.51. The van der Waals surface area contributed by atoms with Crippen LogP contribution in [0.2, 0.25) is 0 Å². The van der Waals surface area contributed by atoms with E-state index < -0.39 is 17.7 Å². The Morgan fingerprint density at radius 2 is 1.78 bits per heavy atom. The summed E-state index contributed by atoms with van der Waals surface area (Å²) in [5, 5.41) is 15.0. The number of carbonyl (C=O) groups excluding carboxylic acids is 2. The predicted molar refractivity (Wildman–Crippen MR) is 119 cm³/mol. The molecule has 7 heteroatoms. The molecule has 164 valence electrons. The molecule has 1 atom stereocenters. The number of nitrogens with zero attached hydrogens (tertiary/aromatic N) is 2. The van der Waals surface area contributed by atoms with E-state index in [0.29, 0.717) is 29.2 Å². The Bertz CT molecular complexity index is 1180. The molecule has 1 N–H and O–H groups in total. The lowest BCUT2D eigenvalue weighted by Crippen LogP contribution is -2.29. The molecule has 0 bridgehead atoms. The molecule has 0 spiro atoms. The van der Waals surface area contributed by atoms with Crippen molar-refractivity contribution in [2.24, 2.45) is 0 Å². The third-order valence-electron chi connectivity index (χ3n) is 5.30. The van der Waals surface area contributed by atoms with E-state index in [1.165, 1.54) is 4.90 Å². The van der Waals surface area contributed by atoms with Gasteiger partial charge in [-0.05, 0) is 38.0 Å². The van der Waals surface area contributed by atoms with E-state index in [1.54, 1.807) is 49.4 Å². The molecule has 3 aromatic rings. The van der Waals surface area contributed by atoms with Crippen LogP contribution in [0.3, 0.4) is 0 Å². The predicted octanol–water partition coefficient (Wildman–Crippen LogP) is 4.71. The van der Waals surface area contributed by atoms with Crippen molar-refractivity contribution in [3.63, 3.8) is 0 Å². The number of Topliss-reactive ketones (excluding diaryl/α,β-unsaturated/α-hetero) is 1. The third-order valence-corrected chi connectivity index (χ3v) is 5.30. The largest absolute Gasteiger partial charge is 0.507 e. The second-order valence-electron chi connectivity index (χ2n) is 7.75. The van der Waals surface area contributed by atoms with E-state index in [9.17, 15) is 14.7 Å². The highest BCUT2D eigenvalue weighted by Crippen LogP contribution is 2.42. The van der Waals surface area contributed by atoms with E-state index >= 15 is 0 Å². The first-order valence-electron chi connectivity index (χ1n) is 10.4. The highest BCUT2D eigenvalue weighted by atomic mass is 16.5. The Hall–Kier alpha value is -3.87. The van der Waals surface area contributed by atoms with Crippen molar-refractivity contribution < 1.29 is 24.0 Å². The molecule has 0 saturated carbocycles. The molecule has 1 aromatic heterocycles. The van der Waals surface area contributed by atoms with E-state index in [-0.39, 0.29) is 17.2 Å². The topological polar surface area (TPSA) is 92.9 Å². The SMILES string of the molecule is CCCOc1ccc(C2C(=C(O)c3ccc(C)cc3)C(=O)C(=O)N2c2cc(C)on2)cc1. The first-order valence-corrected chi connectivity index (χ1v) is 10.4. The van der Waals surface area contributed by atoms with Gasteiger partial charge < -0.3 is 14.4 Å². The lowest BCUT2D eigenvalue weighted by Gasteiger charge is -2.23. The molecule has 4 rings (SSSR count). The Balaban J connectivity index is 1.85. The lowest BCUT2D eigenvalue weighted by atomic mass is 9.95. The maximum atomic E-state index is 13.1. The zero-order valence-corrected chi connectivity index (χ0v) is 18.2. The summed E-state index contributed by atoms with van der Waals surface area (Å²) in [4.78, 5) is 27.4. The standard InChI is InChI=1S/C25H24N2O5/c1-4-13-31-19-11-9-17(10-12-19)22-21(23(28)18-7-5-15(2)6-8-18)24(29)25(30)27(22)20-14-16(3)32-26-20/h5-12,14,22,28H,4,13H2,1-3H3. The minimum Gasteiger partial charge on any atom is -0.507 e. The molecule has 1 unspecified atom stereocenters. The molecule has 1 amide bonds. The highest BCUT2D eigenvalue weighted by Gasteiger charge is 2.48. The van der Waals surface area contributed by atoms with Gasteiger partial charge in [0.25, 0.3) is 5.78 Å². The normalized spacial score (nSPS) is 17.7. The van der Waals surface area contributed by atoms with E-state index in [0.717, 1.165) is 12.0 Å². The van der Waals surface area contributed by atoms with Crippen LogP contribution in [0.1, 0.15) is 41.8 Å². The maximum Gasteiger partial charge on any atom is 0.301 e. The number of hydrogen-bond donors (Lipinski definition) is 1. The van der Waals surface area contributed by atoms with Gasteiger partial charge in [-0.3, -0.25) is 14.5 Å². The van der Waals surface area contributed by atoms with E-state index in [1.807, 2.05) is 26.0 Å². The van der Waals surface area contributed by atoms with Crippen molar-refractivity contribution in [1.82, 2.24) is 5.16 Å². The molecular formula is C25H24N2O5. The number of hydrogen-bond acceptors (Lipinski definition) is 6. The van der Waals surface area contributed by atoms with Crippen molar-refractivity contribution in [2.75, 3.05) is 11.5 Å². The Labute approximate surface area is 185 Å². The second-order valence-corrected chi connectivity index (χ2v) is 7.75. The van der Waals surface area contributed by atoms with Crippen LogP contribution in [-0.2, 0) is 9.59 Å². The molecule has 1 saturated heterocycles. The van der Waals surface area contributed by atoms with Gasteiger partial charge in [-0.15, -0.1) is 0 Å². The maximum absolute atomic E-state index is 13.1. The van der Waals surface area contributed by atoms with Crippen LogP contribution in [0, 0.1) is 13.8 Å². The summed E-state index contributed by atoms with van der Waals surface area (Å²) < 4.78 is 10.8. The average Bonchev–Trinajstić information content (AvgIpc) is 3.33. The van der Waals surface area contributed by atoms with E-state index in [4.69, 9.17) is 9.26 Å². The number of benzene rings is 2. The van der Waals surface area contributed by atoms with Gasteiger partial charge in [0.05, 0.1) is 18.2 Å². The summed E-state index contributed by atoms with van der Waals surface area (Å²) in [5.41, 5.74) is 2.11. The summed E-state index contributed by atoms with van der Waals surface area (Å²) >= 11 is 0. The molecular weight excluding hydrogens is 408 g/mol. The van der Waals surface area contributed by atoms with Crippen molar-refractivity contribution in [2.45, 2.75) is 33.2 Å². The first-order chi connectivity index (χ1) is 15.4. The molecule has 2 heterocycles. The summed E-state index contributed by atoms with van der Waals surface area (Å²) in [6, 6.07) is 15.0. The van der Waals surface area contributed by atoms with Crippen molar-refractivity contribution in [3.05, 3.63) is 82.6 Å². The van der Waals surface area contributed by atoms with Crippen molar-refractivity contribution >= 4 is 23.3 Å². The lowest BCUT2D eigenvalue weighted by molar-refractivity contribution is -0.132. The number of ketones is 1.